The van der Waals surface area contributed by atoms with Crippen molar-refractivity contribution in [2.45, 2.75) is 32.3 Å². The maximum absolute atomic E-state index is 13.8. The van der Waals surface area contributed by atoms with Crippen LogP contribution >= 0.6 is 0 Å². The maximum atomic E-state index is 13.8. The third-order valence-electron chi connectivity index (χ3n) is 3.73. The van der Waals surface area contributed by atoms with Gasteiger partial charge in [-0.05, 0) is 61.6 Å². The van der Waals surface area contributed by atoms with E-state index in [1.165, 1.54) is 30.5 Å². The summed E-state index contributed by atoms with van der Waals surface area (Å²) >= 11 is 0. The lowest BCUT2D eigenvalue weighted by Crippen LogP contribution is -2.00. The number of aliphatic hydroxyl groups excluding tert-OH is 1. The van der Waals surface area contributed by atoms with Gasteiger partial charge in [0.15, 0.2) is 0 Å². The molecule has 104 valence electrons. The first kappa shape index (κ1) is 13.1. The molecule has 20 heavy (non-hydrogen) atoms. The van der Waals surface area contributed by atoms with Crippen molar-refractivity contribution in [2.24, 2.45) is 0 Å². The minimum Gasteiger partial charge on any atom is -0.457 e. The van der Waals surface area contributed by atoms with Crippen LogP contribution in [0.5, 0.6) is 11.5 Å². The second-order valence-electron chi connectivity index (χ2n) is 5.21. The molecule has 0 spiro atoms. The first-order valence-electron chi connectivity index (χ1n) is 6.91. The molecule has 0 bridgehead atoms. The van der Waals surface area contributed by atoms with Gasteiger partial charge >= 0.3 is 0 Å². The maximum Gasteiger partial charge on any atom is 0.136 e. The van der Waals surface area contributed by atoms with E-state index < -0.39 is 11.9 Å². The lowest BCUT2D eigenvalue weighted by molar-refractivity contribution is 0.190. The molecule has 3 rings (SSSR count). The smallest absolute Gasteiger partial charge is 0.136 e. The molecule has 1 aliphatic rings. The highest BCUT2D eigenvalue weighted by Gasteiger charge is 2.16. The zero-order chi connectivity index (χ0) is 14.1. The van der Waals surface area contributed by atoms with Crippen LogP contribution in [0.3, 0.4) is 0 Å². The molecule has 1 N–H and O–H groups in total. The van der Waals surface area contributed by atoms with E-state index >= 15 is 0 Å². The molecule has 0 heterocycles. The largest absolute Gasteiger partial charge is 0.457 e. The average Bonchev–Trinajstić information content (AvgIpc) is 2.85. The van der Waals surface area contributed by atoms with Crippen molar-refractivity contribution in [3.63, 3.8) is 0 Å². The fourth-order valence-electron chi connectivity index (χ4n) is 2.75. The first-order chi connectivity index (χ1) is 9.65. The standard InChI is InChI=1S/C17H17FO2/c1-11(19)17-15(18)6-3-7-16(17)20-14-9-8-12-4-2-5-13(12)10-14/h3,6-11,19H,2,4-5H2,1H3/t11-/m0/s1. The Morgan fingerprint density at radius 3 is 2.75 bits per heavy atom. The summed E-state index contributed by atoms with van der Waals surface area (Å²) in [5.74, 6) is 0.620. The van der Waals surface area contributed by atoms with Crippen LogP contribution in [0, 0.1) is 5.82 Å². The van der Waals surface area contributed by atoms with E-state index in [9.17, 15) is 9.50 Å². The van der Waals surface area contributed by atoms with Crippen LogP contribution in [0.2, 0.25) is 0 Å². The van der Waals surface area contributed by atoms with Gasteiger partial charge in [-0.3, -0.25) is 0 Å². The molecular formula is C17H17FO2. The molecule has 0 saturated carbocycles. The van der Waals surface area contributed by atoms with Gasteiger partial charge in [-0.1, -0.05) is 12.1 Å². The summed E-state index contributed by atoms with van der Waals surface area (Å²) in [5, 5.41) is 9.70. The van der Waals surface area contributed by atoms with Crippen LogP contribution < -0.4 is 4.74 Å². The number of aryl methyl sites for hydroxylation is 2. The fourth-order valence-corrected chi connectivity index (χ4v) is 2.75. The van der Waals surface area contributed by atoms with Crippen molar-refractivity contribution in [3.8, 4) is 11.5 Å². The van der Waals surface area contributed by atoms with Crippen LogP contribution in [0.4, 0.5) is 4.39 Å². The molecule has 0 saturated heterocycles. The van der Waals surface area contributed by atoms with Crippen LogP contribution in [-0.2, 0) is 12.8 Å². The van der Waals surface area contributed by atoms with Crippen molar-refractivity contribution in [3.05, 3.63) is 58.9 Å². The second-order valence-corrected chi connectivity index (χ2v) is 5.21. The number of rotatable bonds is 3. The monoisotopic (exact) mass is 272 g/mol. The summed E-state index contributed by atoms with van der Waals surface area (Å²) in [5.41, 5.74) is 2.87. The molecule has 0 radical (unpaired) electrons. The van der Waals surface area contributed by atoms with Gasteiger partial charge in [-0.2, -0.15) is 0 Å². The van der Waals surface area contributed by atoms with E-state index in [2.05, 4.69) is 6.07 Å². The summed E-state index contributed by atoms with van der Waals surface area (Å²) in [6, 6.07) is 10.6. The Morgan fingerprint density at radius 2 is 1.95 bits per heavy atom. The molecule has 1 aliphatic carbocycles. The highest BCUT2D eigenvalue weighted by molar-refractivity contribution is 5.43. The minimum absolute atomic E-state index is 0.202. The molecule has 0 aliphatic heterocycles. The third kappa shape index (κ3) is 2.41. The van der Waals surface area contributed by atoms with E-state index in [1.54, 1.807) is 12.1 Å². The molecule has 0 unspecified atom stereocenters. The van der Waals surface area contributed by atoms with Crippen molar-refractivity contribution >= 4 is 0 Å². The van der Waals surface area contributed by atoms with Crippen LogP contribution in [0.15, 0.2) is 36.4 Å². The Kier molecular flexibility index (Phi) is 3.45. The lowest BCUT2D eigenvalue weighted by Gasteiger charge is -2.14. The summed E-state index contributed by atoms with van der Waals surface area (Å²) < 4.78 is 19.6. The number of fused-ring (bicyclic) bond motifs is 1. The van der Waals surface area contributed by atoms with Crippen LogP contribution in [-0.4, -0.2) is 5.11 Å². The Hall–Kier alpha value is -1.87. The quantitative estimate of drug-likeness (QED) is 0.909. The van der Waals surface area contributed by atoms with E-state index in [-0.39, 0.29) is 5.56 Å². The topological polar surface area (TPSA) is 29.5 Å². The van der Waals surface area contributed by atoms with Gasteiger partial charge in [0, 0.05) is 0 Å². The number of aliphatic hydroxyl groups is 1. The molecule has 2 nitrogen and oxygen atoms in total. The fraction of sp³-hybridized carbons (Fsp3) is 0.294. The molecule has 2 aromatic carbocycles. The highest BCUT2D eigenvalue weighted by Crippen LogP contribution is 2.33. The SMILES string of the molecule is C[C@H](O)c1c(F)cccc1Oc1ccc2c(c1)CCC2. The van der Waals surface area contributed by atoms with Gasteiger partial charge in [0.25, 0.3) is 0 Å². The summed E-state index contributed by atoms with van der Waals surface area (Å²) in [6.45, 7) is 1.54. The summed E-state index contributed by atoms with van der Waals surface area (Å²) in [6.07, 6.45) is 2.46. The Labute approximate surface area is 117 Å². The average molecular weight is 272 g/mol. The second kappa shape index (κ2) is 5.25. The zero-order valence-electron chi connectivity index (χ0n) is 11.4. The summed E-state index contributed by atoms with van der Waals surface area (Å²) in [7, 11) is 0. The molecule has 1 atom stereocenters. The molecular weight excluding hydrogens is 255 g/mol. The predicted octanol–water partition coefficient (Wildman–Crippen LogP) is 4.16. The Morgan fingerprint density at radius 1 is 1.15 bits per heavy atom. The number of hydrogen-bond acceptors (Lipinski definition) is 2. The molecule has 0 fully saturated rings. The van der Waals surface area contributed by atoms with Gasteiger partial charge in [0.1, 0.15) is 17.3 Å². The van der Waals surface area contributed by atoms with Crippen molar-refractivity contribution < 1.29 is 14.2 Å². The Balaban J connectivity index is 1.93. The number of halogens is 1. The number of hydrogen-bond donors (Lipinski definition) is 1. The summed E-state index contributed by atoms with van der Waals surface area (Å²) in [4.78, 5) is 0. The number of benzene rings is 2. The molecule has 3 heteroatoms. The van der Waals surface area contributed by atoms with Crippen molar-refractivity contribution in [2.75, 3.05) is 0 Å². The van der Waals surface area contributed by atoms with Crippen LogP contribution in [0.25, 0.3) is 0 Å². The minimum atomic E-state index is -0.902. The van der Waals surface area contributed by atoms with Gasteiger partial charge in [0.2, 0.25) is 0 Å². The third-order valence-corrected chi connectivity index (χ3v) is 3.73. The van der Waals surface area contributed by atoms with Gasteiger partial charge in [-0.25, -0.2) is 4.39 Å². The lowest BCUT2D eigenvalue weighted by atomic mass is 10.1. The highest BCUT2D eigenvalue weighted by atomic mass is 19.1. The predicted molar refractivity (Wildman–Crippen MR) is 75.6 cm³/mol. The van der Waals surface area contributed by atoms with Crippen LogP contribution in [0.1, 0.15) is 36.1 Å². The van der Waals surface area contributed by atoms with E-state index in [0.29, 0.717) is 11.5 Å². The molecule has 2 aromatic rings. The Bertz CT molecular complexity index is 635. The van der Waals surface area contributed by atoms with Gasteiger partial charge in [0.05, 0.1) is 11.7 Å². The van der Waals surface area contributed by atoms with Gasteiger partial charge in [-0.15, -0.1) is 0 Å². The van der Waals surface area contributed by atoms with E-state index in [0.717, 1.165) is 12.8 Å². The number of ether oxygens (including phenoxy) is 1. The normalized spacial score (nSPS) is 14.9. The molecule has 0 amide bonds. The first-order valence-corrected chi connectivity index (χ1v) is 6.91. The van der Waals surface area contributed by atoms with E-state index in [1.807, 2.05) is 12.1 Å². The van der Waals surface area contributed by atoms with Crippen molar-refractivity contribution in [1.29, 1.82) is 0 Å². The molecule has 0 aromatic heterocycles. The zero-order valence-corrected chi connectivity index (χ0v) is 11.4. The van der Waals surface area contributed by atoms with Gasteiger partial charge < -0.3 is 9.84 Å². The van der Waals surface area contributed by atoms with Crippen molar-refractivity contribution in [1.82, 2.24) is 0 Å². The van der Waals surface area contributed by atoms with E-state index in [4.69, 9.17) is 4.74 Å².